The first-order chi connectivity index (χ1) is 9.15. The number of hydrogen-bond acceptors (Lipinski definition) is 3. The van der Waals surface area contributed by atoms with Crippen LogP contribution in [-0.2, 0) is 11.2 Å². The summed E-state index contributed by atoms with van der Waals surface area (Å²) in [6.07, 6.45) is 3.86. The molecule has 0 radical (unpaired) electrons. The lowest BCUT2D eigenvalue weighted by Crippen LogP contribution is -2.33. The number of nitrogens with one attached hydrogen (secondary N) is 1. The molecule has 3 N–H and O–H groups in total. The van der Waals surface area contributed by atoms with E-state index >= 15 is 0 Å². The highest BCUT2D eigenvalue weighted by Gasteiger charge is 2.10. The number of allylic oxidation sites excluding steroid dienone is 1. The molecule has 0 saturated carbocycles. The molecule has 5 heteroatoms. The highest BCUT2D eigenvalue weighted by molar-refractivity contribution is 5.98. The molecule has 1 amide bonds. The number of rotatable bonds is 3. The molecule has 4 nitrogen and oxygen atoms in total. The Bertz CT molecular complexity index is 537. The summed E-state index contributed by atoms with van der Waals surface area (Å²) in [6.45, 7) is 0.681. The highest BCUT2D eigenvalue weighted by atomic mass is 19.1. The third kappa shape index (κ3) is 3.91. The van der Waals surface area contributed by atoms with Gasteiger partial charge in [-0.05, 0) is 30.5 Å². The lowest BCUT2D eigenvalue weighted by Gasteiger charge is -2.14. The van der Waals surface area contributed by atoms with Gasteiger partial charge in [-0.2, -0.15) is 0 Å². The maximum Gasteiger partial charge on any atom is 0.264 e. The fourth-order valence-electron chi connectivity index (χ4n) is 1.90. The van der Waals surface area contributed by atoms with E-state index in [4.69, 9.17) is 5.73 Å². The normalized spacial score (nSPS) is 18.4. The van der Waals surface area contributed by atoms with Crippen molar-refractivity contribution in [1.82, 2.24) is 5.32 Å². The van der Waals surface area contributed by atoms with E-state index in [0.717, 1.165) is 18.4 Å². The van der Waals surface area contributed by atoms with Crippen molar-refractivity contribution in [2.75, 3.05) is 6.54 Å². The number of nitrogens with two attached hydrogens (primary N) is 1. The van der Waals surface area contributed by atoms with Gasteiger partial charge < -0.3 is 11.1 Å². The number of aliphatic imine (C=N–C) groups is 1. The fourth-order valence-corrected chi connectivity index (χ4v) is 1.90. The molecular weight excluding hydrogens is 245 g/mol. The van der Waals surface area contributed by atoms with Crippen LogP contribution in [0.25, 0.3) is 0 Å². The fraction of sp³-hybridized carbons (Fsp3) is 0.286. The molecule has 19 heavy (non-hydrogen) atoms. The number of amides is 1. The Morgan fingerprint density at radius 3 is 3.05 bits per heavy atom. The molecule has 1 aromatic rings. The van der Waals surface area contributed by atoms with E-state index in [0.29, 0.717) is 24.5 Å². The lowest BCUT2D eigenvalue weighted by molar-refractivity contribution is -0.114. The molecule has 0 aliphatic carbocycles. The van der Waals surface area contributed by atoms with E-state index in [-0.39, 0.29) is 5.82 Å². The minimum Gasteiger partial charge on any atom is -0.364 e. The van der Waals surface area contributed by atoms with Crippen molar-refractivity contribution < 1.29 is 9.18 Å². The maximum absolute atomic E-state index is 13.1. The number of nitrogens with zero attached hydrogens (tertiary/aromatic N) is 1. The Hall–Kier alpha value is -2.17. The molecule has 0 aromatic heterocycles. The monoisotopic (exact) mass is 261 g/mol. The van der Waals surface area contributed by atoms with Crippen LogP contribution in [0.15, 0.2) is 41.0 Å². The van der Waals surface area contributed by atoms with Gasteiger partial charge in [-0.25, -0.2) is 4.39 Å². The van der Waals surface area contributed by atoms with Gasteiger partial charge in [-0.1, -0.05) is 18.2 Å². The van der Waals surface area contributed by atoms with Gasteiger partial charge in [0.15, 0.2) is 0 Å². The molecule has 100 valence electrons. The number of benzene rings is 1. The second-order valence-electron chi connectivity index (χ2n) is 4.38. The zero-order valence-corrected chi connectivity index (χ0v) is 10.5. The van der Waals surface area contributed by atoms with Crippen LogP contribution in [0.5, 0.6) is 0 Å². The summed E-state index contributed by atoms with van der Waals surface area (Å²) in [4.78, 5) is 15.6. The smallest absolute Gasteiger partial charge is 0.264 e. The predicted molar refractivity (Wildman–Crippen MR) is 72.1 cm³/mol. The van der Waals surface area contributed by atoms with Crippen molar-refractivity contribution in [2.45, 2.75) is 19.3 Å². The first-order valence-electron chi connectivity index (χ1n) is 6.20. The van der Waals surface area contributed by atoms with Crippen molar-refractivity contribution in [2.24, 2.45) is 10.7 Å². The summed E-state index contributed by atoms with van der Waals surface area (Å²) < 4.78 is 13.1. The summed E-state index contributed by atoms with van der Waals surface area (Å²) in [5.41, 5.74) is 6.44. The summed E-state index contributed by atoms with van der Waals surface area (Å²) in [7, 11) is 0. The van der Waals surface area contributed by atoms with Crippen molar-refractivity contribution in [1.29, 1.82) is 0 Å². The number of amidine groups is 1. The minimum atomic E-state index is -0.506. The van der Waals surface area contributed by atoms with Crippen molar-refractivity contribution in [3.63, 3.8) is 0 Å². The Kier molecular flexibility index (Phi) is 4.28. The molecule has 0 spiro atoms. The summed E-state index contributed by atoms with van der Waals surface area (Å²) in [6, 6.07) is 6.32. The quantitative estimate of drug-likeness (QED) is 0.866. The van der Waals surface area contributed by atoms with Crippen LogP contribution >= 0.6 is 0 Å². The van der Waals surface area contributed by atoms with E-state index in [2.05, 4.69) is 10.3 Å². The largest absolute Gasteiger partial charge is 0.364 e. The van der Waals surface area contributed by atoms with Crippen LogP contribution in [0.4, 0.5) is 4.39 Å². The van der Waals surface area contributed by atoms with Gasteiger partial charge in [-0.15, -0.1) is 0 Å². The summed E-state index contributed by atoms with van der Waals surface area (Å²) in [5, 5.41) is 2.94. The van der Waals surface area contributed by atoms with Gasteiger partial charge in [0.25, 0.3) is 5.91 Å². The molecule has 0 saturated heterocycles. The van der Waals surface area contributed by atoms with Gasteiger partial charge in [-0.3, -0.25) is 9.79 Å². The second-order valence-corrected chi connectivity index (χ2v) is 4.38. The number of hydrogen-bond donors (Lipinski definition) is 2. The zero-order chi connectivity index (χ0) is 13.7. The average molecular weight is 261 g/mol. The Morgan fingerprint density at radius 2 is 2.32 bits per heavy atom. The Labute approximate surface area is 111 Å². The van der Waals surface area contributed by atoms with Crippen LogP contribution in [-0.4, -0.2) is 18.3 Å². The number of carbonyl (C=O) groups excluding carboxylic acids is 1. The lowest BCUT2D eigenvalue weighted by atomic mass is 10.1. The van der Waals surface area contributed by atoms with E-state index in [1.54, 1.807) is 12.1 Å². The molecule has 1 aliphatic heterocycles. The SMILES string of the molecule is NC(=O)/C1=C/CCCN=C(Cc2cccc(F)c2)N1. The Balaban J connectivity index is 2.13. The summed E-state index contributed by atoms with van der Waals surface area (Å²) >= 11 is 0. The maximum atomic E-state index is 13.1. The van der Waals surface area contributed by atoms with Crippen LogP contribution in [0.1, 0.15) is 18.4 Å². The van der Waals surface area contributed by atoms with E-state index in [1.807, 2.05) is 6.07 Å². The molecule has 1 aromatic carbocycles. The van der Waals surface area contributed by atoms with Crippen molar-refractivity contribution >= 4 is 11.7 Å². The van der Waals surface area contributed by atoms with Gasteiger partial charge >= 0.3 is 0 Å². The van der Waals surface area contributed by atoms with Crippen LogP contribution in [0, 0.1) is 5.82 Å². The molecule has 0 unspecified atom stereocenters. The van der Waals surface area contributed by atoms with Crippen LogP contribution in [0.3, 0.4) is 0 Å². The van der Waals surface area contributed by atoms with Gasteiger partial charge in [0, 0.05) is 13.0 Å². The second kappa shape index (κ2) is 6.13. The molecule has 0 atom stereocenters. The molecule has 1 heterocycles. The van der Waals surface area contributed by atoms with E-state index in [1.165, 1.54) is 12.1 Å². The third-order valence-corrected chi connectivity index (χ3v) is 2.82. The van der Waals surface area contributed by atoms with E-state index < -0.39 is 5.91 Å². The van der Waals surface area contributed by atoms with E-state index in [9.17, 15) is 9.18 Å². The molecule has 2 rings (SSSR count). The number of halogens is 1. The number of primary amides is 1. The highest BCUT2D eigenvalue weighted by Crippen LogP contribution is 2.07. The summed E-state index contributed by atoms with van der Waals surface area (Å²) in [5.74, 6) is -0.154. The number of carbonyl (C=O) groups is 1. The predicted octanol–water partition coefficient (Wildman–Crippen LogP) is 1.52. The van der Waals surface area contributed by atoms with Crippen LogP contribution < -0.4 is 11.1 Å². The van der Waals surface area contributed by atoms with Gasteiger partial charge in [0.2, 0.25) is 0 Å². The van der Waals surface area contributed by atoms with Crippen LogP contribution in [0.2, 0.25) is 0 Å². The van der Waals surface area contributed by atoms with Gasteiger partial charge in [0.1, 0.15) is 17.3 Å². The van der Waals surface area contributed by atoms with Gasteiger partial charge in [0.05, 0.1) is 0 Å². The molecule has 0 fully saturated rings. The average Bonchev–Trinajstić information content (AvgIpc) is 2.32. The Morgan fingerprint density at radius 1 is 1.47 bits per heavy atom. The first-order valence-corrected chi connectivity index (χ1v) is 6.20. The first kappa shape index (κ1) is 13.3. The van der Waals surface area contributed by atoms with Crippen molar-refractivity contribution in [3.05, 3.63) is 47.4 Å². The molecule has 1 aliphatic rings. The zero-order valence-electron chi connectivity index (χ0n) is 10.5. The molecule has 0 bridgehead atoms. The standard InChI is InChI=1S/C14H16FN3O/c15-11-5-3-4-10(8-11)9-13-17-7-2-1-6-12(18-13)14(16)19/h3-6,8H,1-2,7,9H2,(H2,16,19)(H,17,18)/b12-6-. The minimum absolute atomic E-state index is 0.283. The molecular formula is C14H16FN3O. The topological polar surface area (TPSA) is 67.5 Å². The van der Waals surface area contributed by atoms with Crippen molar-refractivity contribution in [3.8, 4) is 0 Å². The third-order valence-electron chi connectivity index (χ3n) is 2.82.